The van der Waals surface area contributed by atoms with Gasteiger partial charge in [0.1, 0.15) is 0 Å². The Labute approximate surface area is 115 Å². The van der Waals surface area contributed by atoms with Crippen molar-refractivity contribution in [2.24, 2.45) is 0 Å². The molecule has 1 aromatic heterocycles. The van der Waals surface area contributed by atoms with Gasteiger partial charge in [0.25, 0.3) is 0 Å². The molecule has 1 aromatic carbocycles. The van der Waals surface area contributed by atoms with Crippen LogP contribution in [0.1, 0.15) is 22.3 Å². The van der Waals surface area contributed by atoms with Gasteiger partial charge in [-0.05, 0) is 25.2 Å². The maximum absolute atomic E-state index is 13.5. The average molecular weight is 279 g/mol. The van der Waals surface area contributed by atoms with Gasteiger partial charge in [0.05, 0.1) is 18.1 Å². The van der Waals surface area contributed by atoms with Crippen LogP contribution in [0.25, 0.3) is 0 Å². The molecular weight excluding hydrogens is 264 g/mol. The van der Waals surface area contributed by atoms with E-state index in [-0.39, 0.29) is 12.0 Å². The van der Waals surface area contributed by atoms with Crippen LogP contribution in [0, 0.1) is 11.6 Å². The number of hydrogen-bond donors (Lipinski definition) is 0. The summed E-state index contributed by atoms with van der Waals surface area (Å²) in [5.41, 5.74) is 0.804. The first-order valence-corrected chi connectivity index (χ1v) is 6.24. The number of rotatable bonds is 6. The summed E-state index contributed by atoms with van der Waals surface area (Å²) >= 11 is 0. The molecule has 0 bridgehead atoms. The molecule has 106 valence electrons. The topological polar surface area (TPSA) is 33.5 Å². The minimum atomic E-state index is -1.07. The van der Waals surface area contributed by atoms with Crippen molar-refractivity contribution in [2.75, 3.05) is 13.6 Å². The summed E-state index contributed by atoms with van der Waals surface area (Å²) < 4.78 is 31.5. The third-order valence-corrected chi connectivity index (χ3v) is 3.01. The predicted molar refractivity (Wildman–Crippen MR) is 70.3 cm³/mol. The Hall–Kier alpha value is -2.01. The van der Waals surface area contributed by atoms with E-state index < -0.39 is 17.4 Å². The summed E-state index contributed by atoms with van der Waals surface area (Å²) in [6.45, 7) is 1.09. The average Bonchev–Trinajstić information content (AvgIpc) is 2.92. The van der Waals surface area contributed by atoms with Crippen LogP contribution in [0.3, 0.4) is 0 Å². The van der Waals surface area contributed by atoms with Crippen molar-refractivity contribution < 1.29 is 18.0 Å². The van der Waals surface area contributed by atoms with Gasteiger partial charge in [-0.25, -0.2) is 8.78 Å². The lowest BCUT2D eigenvalue weighted by molar-refractivity contribution is 0.0963. The van der Waals surface area contributed by atoms with E-state index in [2.05, 4.69) is 0 Å². The van der Waals surface area contributed by atoms with E-state index in [0.717, 1.165) is 11.6 Å². The van der Waals surface area contributed by atoms with Crippen LogP contribution in [-0.2, 0) is 6.54 Å². The van der Waals surface area contributed by atoms with Gasteiger partial charge in [0, 0.05) is 25.1 Å². The van der Waals surface area contributed by atoms with Gasteiger partial charge >= 0.3 is 0 Å². The Morgan fingerprint density at radius 1 is 1.30 bits per heavy atom. The van der Waals surface area contributed by atoms with Crippen LogP contribution in [0.5, 0.6) is 0 Å². The van der Waals surface area contributed by atoms with E-state index in [0.29, 0.717) is 13.1 Å². The van der Waals surface area contributed by atoms with Crippen LogP contribution >= 0.6 is 0 Å². The van der Waals surface area contributed by atoms with E-state index >= 15 is 0 Å². The molecule has 0 fully saturated rings. The first-order valence-electron chi connectivity index (χ1n) is 6.24. The fourth-order valence-corrected chi connectivity index (χ4v) is 1.92. The molecule has 0 atom stereocenters. The summed E-state index contributed by atoms with van der Waals surface area (Å²) in [6.07, 6.45) is 3.34. The van der Waals surface area contributed by atoms with Gasteiger partial charge < -0.3 is 9.32 Å². The highest BCUT2D eigenvalue weighted by atomic mass is 19.2. The molecule has 0 saturated carbocycles. The van der Waals surface area contributed by atoms with Crippen molar-refractivity contribution in [1.29, 1.82) is 0 Å². The quantitative estimate of drug-likeness (QED) is 0.761. The number of ketones is 1. The van der Waals surface area contributed by atoms with Crippen molar-refractivity contribution in [3.05, 3.63) is 59.6 Å². The third kappa shape index (κ3) is 3.51. The number of halogens is 2. The molecule has 0 radical (unpaired) electrons. The van der Waals surface area contributed by atoms with E-state index in [1.807, 2.05) is 18.0 Å². The number of hydrogen-bond acceptors (Lipinski definition) is 3. The van der Waals surface area contributed by atoms with Gasteiger partial charge in [-0.15, -0.1) is 0 Å². The van der Waals surface area contributed by atoms with E-state index in [9.17, 15) is 13.6 Å². The molecule has 0 aliphatic heterocycles. The lowest BCUT2D eigenvalue weighted by Crippen LogP contribution is -2.21. The molecule has 0 aliphatic rings. The van der Waals surface area contributed by atoms with Crippen molar-refractivity contribution in [2.45, 2.75) is 13.0 Å². The second kappa shape index (κ2) is 6.43. The van der Waals surface area contributed by atoms with Gasteiger partial charge in [0.2, 0.25) is 0 Å². The van der Waals surface area contributed by atoms with E-state index in [1.54, 1.807) is 12.5 Å². The first-order chi connectivity index (χ1) is 9.58. The van der Waals surface area contributed by atoms with Crippen LogP contribution < -0.4 is 0 Å². The molecule has 2 rings (SSSR count). The highest BCUT2D eigenvalue weighted by Crippen LogP contribution is 2.14. The number of nitrogens with zero attached hydrogens (tertiary/aromatic N) is 1. The van der Waals surface area contributed by atoms with E-state index in [4.69, 9.17) is 4.42 Å². The predicted octanol–water partition coefficient (Wildman–Crippen LogP) is 3.26. The molecular formula is C15H15F2NO2. The van der Waals surface area contributed by atoms with Gasteiger partial charge in [0.15, 0.2) is 17.4 Å². The second-order valence-electron chi connectivity index (χ2n) is 4.64. The zero-order valence-corrected chi connectivity index (χ0v) is 11.1. The normalized spacial score (nSPS) is 11.0. The minimum Gasteiger partial charge on any atom is -0.472 e. The Bertz CT molecular complexity index is 582. The third-order valence-electron chi connectivity index (χ3n) is 3.01. The number of carbonyl (C=O) groups is 1. The van der Waals surface area contributed by atoms with Gasteiger partial charge in [-0.2, -0.15) is 0 Å². The summed E-state index contributed by atoms with van der Waals surface area (Å²) in [4.78, 5) is 13.8. The molecule has 0 saturated heterocycles. The molecule has 0 aliphatic carbocycles. The van der Waals surface area contributed by atoms with Crippen molar-refractivity contribution in [1.82, 2.24) is 4.90 Å². The molecule has 0 amide bonds. The fourth-order valence-electron chi connectivity index (χ4n) is 1.92. The summed E-state index contributed by atoms with van der Waals surface area (Å²) in [5, 5.41) is 0. The lowest BCUT2D eigenvalue weighted by atomic mass is 10.1. The fraction of sp³-hybridized carbons (Fsp3) is 0.267. The lowest BCUT2D eigenvalue weighted by Gasteiger charge is -2.14. The molecule has 20 heavy (non-hydrogen) atoms. The minimum absolute atomic E-state index is 0.134. The number of benzene rings is 1. The molecule has 0 unspecified atom stereocenters. The smallest absolute Gasteiger partial charge is 0.169 e. The Morgan fingerprint density at radius 3 is 2.80 bits per heavy atom. The standard InChI is InChI=1S/C15H15F2NO2/c1-18(9-11-6-8-20-10-11)7-5-14(19)12-3-2-4-13(16)15(12)17/h2-4,6,8,10H,5,7,9H2,1H3. The molecule has 1 heterocycles. The van der Waals surface area contributed by atoms with Crippen molar-refractivity contribution >= 4 is 5.78 Å². The Morgan fingerprint density at radius 2 is 2.10 bits per heavy atom. The Kier molecular flexibility index (Phi) is 4.63. The molecule has 3 nitrogen and oxygen atoms in total. The maximum atomic E-state index is 13.5. The van der Waals surface area contributed by atoms with Gasteiger partial charge in [-0.1, -0.05) is 6.07 Å². The zero-order valence-electron chi connectivity index (χ0n) is 11.1. The maximum Gasteiger partial charge on any atom is 0.169 e. The highest BCUT2D eigenvalue weighted by molar-refractivity contribution is 5.96. The summed E-state index contributed by atoms with van der Waals surface area (Å²) in [5.74, 6) is -2.47. The van der Waals surface area contributed by atoms with Crippen LogP contribution in [0.2, 0.25) is 0 Å². The van der Waals surface area contributed by atoms with Crippen LogP contribution in [0.15, 0.2) is 41.2 Å². The SMILES string of the molecule is CN(CCC(=O)c1cccc(F)c1F)Cc1ccoc1. The highest BCUT2D eigenvalue weighted by Gasteiger charge is 2.15. The summed E-state index contributed by atoms with van der Waals surface area (Å²) in [7, 11) is 1.85. The van der Waals surface area contributed by atoms with Crippen molar-refractivity contribution in [3.8, 4) is 0 Å². The number of furan rings is 1. The largest absolute Gasteiger partial charge is 0.472 e. The molecule has 0 N–H and O–H groups in total. The second-order valence-corrected chi connectivity index (χ2v) is 4.64. The monoisotopic (exact) mass is 279 g/mol. The van der Waals surface area contributed by atoms with E-state index in [1.165, 1.54) is 12.1 Å². The molecule has 0 spiro atoms. The van der Waals surface area contributed by atoms with Crippen LogP contribution in [0.4, 0.5) is 8.78 Å². The van der Waals surface area contributed by atoms with Crippen molar-refractivity contribution in [3.63, 3.8) is 0 Å². The van der Waals surface area contributed by atoms with Crippen LogP contribution in [-0.4, -0.2) is 24.3 Å². The number of Topliss-reactive ketones (excluding diaryl/α,β-unsaturated/α-hetero) is 1. The first kappa shape index (κ1) is 14.4. The molecule has 5 heteroatoms. The molecule has 2 aromatic rings. The zero-order chi connectivity index (χ0) is 14.5. The Balaban J connectivity index is 1.90. The summed E-state index contributed by atoms with van der Waals surface area (Å²) in [6, 6.07) is 5.47. The van der Waals surface area contributed by atoms with Gasteiger partial charge in [-0.3, -0.25) is 4.79 Å². The number of carbonyl (C=O) groups excluding carboxylic acids is 1.